The number of aromatic hydroxyl groups is 1. The molecule has 3 heterocycles. The topological polar surface area (TPSA) is 134 Å². The third-order valence-corrected chi connectivity index (χ3v) is 9.81. The number of nitrogens with zero attached hydrogens (tertiary/aromatic N) is 5. The van der Waals surface area contributed by atoms with Gasteiger partial charge in [-0.1, -0.05) is 12.1 Å². The van der Waals surface area contributed by atoms with Gasteiger partial charge >= 0.3 is 13.8 Å². The third-order valence-electron chi connectivity index (χ3n) is 7.75. The van der Waals surface area contributed by atoms with Gasteiger partial charge in [0.2, 0.25) is 17.7 Å². The monoisotopic (exact) mass is 675 g/mol. The average Bonchev–Trinajstić information content (AvgIpc) is 3.32. The number of amides is 1. The van der Waals surface area contributed by atoms with Gasteiger partial charge in [0.05, 0.1) is 30.4 Å². The van der Waals surface area contributed by atoms with Gasteiger partial charge in [-0.15, -0.1) is 0 Å². The summed E-state index contributed by atoms with van der Waals surface area (Å²) in [5, 5.41) is 17.6. The van der Waals surface area contributed by atoms with Crippen LogP contribution in [0.25, 0.3) is 10.8 Å². The Labute approximate surface area is 270 Å². The molecule has 0 radical (unpaired) electrons. The first-order chi connectivity index (χ1) is 22.3. The minimum atomic E-state index is -4.77. The lowest BCUT2D eigenvalue weighted by atomic mass is 10.1. The van der Waals surface area contributed by atoms with Gasteiger partial charge in [0.1, 0.15) is 11.4 Å². The molecule has 2 aromatic carbocycles. The molecule has 4 aromatic rings. The number of anilines is 5. The smallest absolute Gasteiger partial charge is 0.421 e. The number of carbonyl (C=O) groups is 1. The standard InChI is InChI=1S/C31H37F3N7O5P/c1-5-45-47(44,46-6-2)19-21-7-9-22(10-8-21)36-30-35-17-24(31(32,33)34)28(38-30)37-25-11-12-26(23-18-39(4)29(43)27(23)25)41-15-13-40(14-16-41)20(3)42/h7-12,17-18,43H,5-6,13-16,19H2,1-4H3,(H2,35,36,37,38). The summed E-state index contributed by atoms with van der Waals surface area (Å²) < 4.78 is 67.4. The molecule has 0 bridgehead atoms. The van der Waals surface area contributed by atoms with Gasteiger partial charge in [0.15, 0.2) is 0 Å². The van der Waals surface area contributed by atoms with E-state index < -0.39 is 25.2 Å². The number of benzene rings is 2. The van der Waals surface area contributed by atoms with Crippen LogP contribution in [0.5, 0.6) is 5.88 Å². The molecule has 12 nitrogen and oxygen atoms in total. The van der Waals surface area contributed by atoms with Crippen LogP contribution >= 0.6 is 7.60 Å². The molecule has 0 saturated carbocycles. The summed E-state index contributed by atoms with van der Waals surface area (Å²) in [6.07, 6.45) is -2.30. The predicted octanol–water partition coefficient (Wildman–Crippen LogP) is 6.61. The van der Waals surface area contributed by atoms with Crippen LogP contribution in [-0.2, 0) is 37.8 Å². The van der Waals surface area contributed by atoms with E-state index in [0.29, 0.717) is 54.4 Å². The van der Waals surface area contributed by atoms with Crippen LogP contribution in [0.4, 0.5) is 42.0 Å². The van der Waals surface area contributed by atoms with E-state index in [1.165, 1.54) is 11.5 Å². The summed E-state index contributed by atoms with van der Waals surface area (Å²) in [6.45, 7) is 7.65. The molecule has 252 valence electrons. The Morgan fingerprint density at radius 1 is 1.02 bits per heavy atom. The largest absolute Gasteiger partial charge is 0.494 e. The maximum absolute atomic E-state index is 14.1. The first-order valence-corrected chi connectivity index (χ1v) is 16.8. The van der Waals surface area contributed by atoms with Crippen LogP contribution in [0.3, 0.4) is 0 Å². The summed E-state index contributed by atoms with van der Waals surface area (Å²) in [5.41, 5.74) is 1.09. The number of hydrogen-bond donors (Lipinski definition) is 3. The van der Waals surface area contributed by atoms with Gasteiger partial charge in [-0.05, 0) is 43.7 Å². The van der Waals surface area contributed by atoms with E-state index in [0.717, 1.165) is 5.69 Å². The number of carbonyl (C=O) groups excluding carboxylic acids is 1. The number of fused-ring (bicyclic) bond motifs is 1. The van der Waals surface area contributed by atoms with Gasteiger partial charge in [-0.3, -0.25) is 9.36 Å². The normalized spacial score (nSPS) is 14.1. The summed E-state index contributed by atoms with van der Waals surface area (Å²) in [4.78, 5) is 23.7. The lowest BCUT2D eigenvalue weighted by molar-refractivity contribution is -0.137. The van der Waals surface area contributed by atoms with E-state index in [1.54, 1.807) is 68.4 Å². The second-order valence-electron chi connectivity index (χ2n) is 11.0. The summed E-state index contributed by atoms with van der Waals surface area (Å²) >= 11 is 0. The molecule has 47 heavy (non-hydrogen) atoms. The van der Waals surface area contributed by atoms with Gasteiger partial charge in [-0.2, -0.15) is 18.2 Å². The molecule has 3 N–H and O–H groups in total. The third kappa shape index (κ3) is 7.64. The first-order valence-electron chi connectivity index (χ1n) is 15.1. The maximum atomic E-state index is 14.1. The van der Waals surface area contributed by atoms with Crippen molar-refractivity contribution in [3.63, 3.8) is 0 Å². The van der Waals surface area contributed by atoms with Crippen molar-refractivity contribution >= 4 is 53.1 Å². The number of aromatic nitrogens is 3. The number of rotatable bonds is 11. The summed E-state index contributed by atoms with van der Waals surface area (Å²) in [6, 6.07) is 10.1. The number of alkyl halides is 3. The fourth-order valence-corrected chi connectivity index (χ4v) is 7.20. The van der Waals surface area contributed by atoms with Crippen LogP contribution in [0.2, 0.25) is 0 Å². The van der Waals surface area contributed by atoms with Gasteiger partial charge in [-0.25, -0.2) is 4.98 Å². The Bertz CT molecular complexity index is 1780. The van der Waals surface area contributed by atoms with Gasteiger partial charge in [0.25, 0.3) is 0 Å². The minimum absolute atomic E-state index is 0.00517. The Morgan fingerprint density at radius 2 is 1.68 bits per heavy atom. The van der Waals surface area contributed by atoms with Crippen LogP contribution < -0.4 is 15.5 Å². The zero-order valence-corrected chi connectivity index (χ0v) is 27.4. The average molecular weight is 676 g/mol. The van der Waals surface area contributed by atoms with Crippen LogP contribution in [0, 0.1) is 0 Å². The van der Waals surface area contributed by atoms with E-state index in [4.69, 9.17) is 9.05 Å². The lowest BCUT2D eigenvalue weighted by Gasteiger charge is -2.36. The fraction of sp³-hybridized carbons (Fsp3) is 0.387. The van der Waals surface area contributed by atoms with Gasteiger partial charge in [0, 0.05) is 69.3 Å². The van der Waals surface area contributed by atoms with Crippen molar-refractivity contribution < 1.29 is 36.7 Å². The second-order valence-corrected chi connectivity index (χ2v) is 13.0. The molecule has 2 aromatic heterocycles. The highest BCUT2D eigenvalue weighted by Crippen LogP contribution is 2.51. The number of nitrogens with one attached hydrogen (secondary N) is 2. The molecule has 0 spiro atoms. The molecule has 5 rings (SSSR count). The Hall–Kier alpha value is -4.33. The maximum Gasteiger partial charge on any atom is 0.421 e. The molecular weight excluding hydrogens is 638 g/mol. The van der Waals surface area contributed by atoms with E-state index in [1.807, 2.05) is 0 Å². The van der Waals surface area contributed by atoms with Crippen molar-refractivity contribution in [2.45, 2.75) is 33.1 Å². The molecule has 1 saturated heterocycles. The molecule has 1 fully saturated rings. The van der Waals surface area contributed by atoms with Gasteiger partial charge < -0.3 is 39.2 Å². The number of aryl methyl sites for hydroxylation is 1. The minimum Gasteiger partial charge on any atom is -0.494 e. The Morgan fingerprint density at radius 3 is 2.28 bits per heavy atom. The molecule has 1 amide bonds. The quantitative estimate of drug-likeness (QED) is 0.149. The molecule has 0 unspecified atom stereocenters. The van der Waals surface area contributed by atoms with Crippen LogP contribution in [0.1, 0.15) is 31.9 Å². The number of hydrogen-bond acceptors (Lipinski definition) is 10. The van der Waals surface area contributed by atoms with Crippen molar-refractivity contribution in [2.75, 3.05) is 54.9 Å². The van der Waals surface area contributed by atoms with E-state index in [-0.39, 0.29) is 42.8 Å². The number of piperazine rings is 1. The second kappa shape index (κ2) is 13.8. The highest BCUT2D eigenvalue weighted by Gasteiger charge is 2.36. The first kappa shape index (κ1) is 34.0. The molecule has 1 aliphatic rings. The van der Waals surface area contributed by atoms with E-state index >= 15 is 0 Å². The van der Waals surface area contributed by atoms with Crippen molar-refractivity contribution in [3.05, 3.63) is 59.9 Å². The molecule has 16 heteroatoms. The summed E-state index contributed by atoms with van der Waals surface area (Å²) in [5.74, 6) is -0.746. The number of halogens is 3. The zero-order valence-electron chi connectivity index (χ0n) is 26.5. The molecular formula is C31H37F3N7O5P. The van der Waals surface area contributed by atoms with Crippen molar-refractivity contribution in [1.82, 2.24) is 19.4 Å². The highest BCUT2D eigenvalue weighted by molar-refractivity contribution is 7.53. The zero-order chi connectivity index (χ0) is 33.9. The summed E-state index contributed by atoms with van der Waals surface area (Å²) in [7, 11) is -1.68. The Kier molecular flexibility index (Phi) is 9.99. The van der Waals surface area contributed by atoms with Crippen molar-refractivity contribution in [3.8, 4) is 5.88 Å². The Balaban J connectivity index is 1.42. The van der Waals surface area contributed by atoms with Crippen LogP contribution in [-0.4, -0.2) is 69.8 Å². The van der Waals surface area contributed by atoms with Crippen LogP contribution in [0.15, 0.2) is 48.8 Å². The molecule has 1 aliphatic heterocycles. The van der Waals surface area contributed by atoms with Crippen molar-refractivity contribution in [1.29, 1.82) is 0 Å². The lowest BCUT2D eigenvalue weighted by Crippen LogP contribution is -2.48. The van der Waals surface area contributed by atoms with E-state index in [2.05, 4.69) is 25.5 Å². The van der Waals surface area contributed by atoms with E-state index in [9.17, 15) is 27.6 Å². The van der Waals surface area contributed by atoms with Crippen molar-refractivity contribution in [2.24, 2.45) is 7.05 Å². The SMILES string of the molecule is CCOP(=O)(Cc1ccc(Nc2ncc(C(F)(F)F)c(Nc3ccc(N4CCN(C(C)=O)CC4)c4cn(C)c(O)c34)n2)cc1)OCC. The molecule has 0 aliphatic carbocycles. The fourth-order valence-electron chi connectivity index (χ4n) is 5.49. The molecule has 0 atom stereocenters. The highest BCUT2D eigenvalue weighted by atomic mass is 31.2. The predicted molar refractivity (Wildman–Crippen MR) is 174 cm³/mol.